The second-order valence-electron chi connectivity index (χ2n) is 4.09. The third-order valence-corrected chi connectivity index (χ3v) is 2.88. The van der Waals surface area contributed by atoms with Crippen LogP contribution in [0.5, 0.6) is 11.5 Å². The number of hydrogen-bond acceptors (Lipinski definition) is 5. The third kappa shape index (κ3) is 5.29. The lowest BCUT2D eigenvalue weighted by Crippen LogP contribution is -2.28. The van der Waals surface area contributed by atoms with Crippen molar-refractivity contribution >= 4 is 29.6 Å². The third-order valence-electron chi connectivity index (χ3n) is 2.60. The van der Waals surface area contributed by atoms with Crippen LogP contribution in [0.15, 0.2) is 18.2 Å². The monoisotopic (exact) mass is 327 g/mol. The molecule has 0 aromatic heterocycles. The van der Waals surface area contributed by atoms with E-state index in [9.17, 15) is 9.59 Å². The molecular weight excluding hydrogens is 310 g/mol. The van der Waals surface area contributed by atoms with Crippen molar-refractivity contribution in [3.8, 4) is 11.5 Å². The standard InChI is InChI=1S/C15H18ClNO5/c1-4-22-15-11(16)7-10(8-12(15)20-2)5-6-13(18)17-9-14(19)21-3/h5-8H,4,9H2,1-3H3,(H,17,18)/b6-5+. The maximum Gasteiger partial charge on any atom is 0.325 e. The first-order chi connectivity index (χ1) is 10.5. The SMILES string of the molecule is CCOc1c(Cl)cc(/C=C/C(=O)NCC(=O)OC)cc1OC. The number of esters is 1. The lowest BCUT2D eigenvalue weighted by molar-refractivity contribution is -0.140. The Morgan fingerprint density at radius 3 is 2.64 bits per heavy atom. The van der Waals surface area contributed by atoms with Crippen molar-refractivity contribution in [3.63, 3.8) is 0 Å². The van der Waals surface area contributed by atoms with Gasteiger partial charge < -0.3 is 19.5 Å². The molecule has 0 saturated carbocycles. The Morgan fingerprint density at radius 1 is 1.32 bits per heavy atom. The highest BCUT2D eigenvalue weighted by Gasteiger charge is 2.10. The van der Waals surface area contributed by atoms with Gasteiger partial charge in [-0.25, -0.2) is 0 Å². The van der Waals surface area contributed by atoms with Gasteiger partial charge in [-0.2, -0.15) is 0 Å². The summed E-state index contributed by atoms with van der Waals surface area (Å²) in [6, 6.07) is 3.35. The van der Waals surface area contributed by atoms with Gasteiger partial charge >= 0.3 is 5.97 Å². The number of hydrogen-bond donors (Lipinski definition) is 1. The van der Waals surface area contributed by atoms with Gasteiger partial charge in [-0.05, 0) is 30.7 Å². The van der Waals surface area contributed by atoms with E-state index in [1.165, 1.54) is 20.3 Å². The number of halogens is 1. The van der Waals surface area contributed by atoms with Gasteiger partial charge in [-0.1, -0.05) is 11.6 Å². The molecule has 0 heterocycles. The predicted molar refractivity (Wildman–Crippen MR) is 83.2 cm³/mol. The van der Waals surface area contributed by atoms with Crippen molar-refractivity contribution in [3.05, 3.63) is 28.8 Å². The molecule has 1 amide bonds. The molecule has 120 valence electrons. The van der Waals surface area contributed by atoms with E-state index in [1.54, 1.807) is 18.2 Å². The predicted octanol–water partition coefficient (Wildman–Crippen LogP) is 2.05. The Balaban J connectivity index is 2.81. The van der Waals surface area contributed by atoms with Crippen LogP contribution in [0.2, 0.25) is 5.02 Å². The summed E-state index contributed by atoms with van der Waals surface area (Å²) in [5, 5.41) is 2.77. The molecule has 0 bridgehead atoms. The summed E-state index contributed by atoms with van der Waals surface area (Å²) in [6.45, 7) is 2.11. The van der Waals surface area contributed by atoms with E-state index in [0.29, 0.717) is 28.7 Å². The smallest absolute Gasteiger partial charge is 0.325 e. The van der Waals surface area contributed by atoms with Crippen molar-refractivity contribution in [2.45, 2.75) is 6.92 Å². The number of carbonyl (C=O) groups excluding carboxylic acids is 2. The second-order valence-corrected chi connectivity index (χ2v) is 4.50. The summed E-state index contributed by atoms with van der Waals surface area (Å²) < 4.78 is 15.0. The largest absolute Gasteiger partial charge is 0.493 e. The molecule has 6 nitrogen and oxygen atoms in total. The quantitative estimate of drug-likeness (QED) is 0.613. The molecule has 1 N–H and O–H groups in total. The summed E-state index contributed by atoms with van der Waals surface area (Å²) >= 11 is 6.13. The molecule has 0 unspecified atom stereocenters. The molecule has 1 aromatic carbocycles. The van der Waals surface area contributed by atoms with Crippen LogP contribution in [0.3, 0.4) is 0 Å². The maximum atomic E-state index is 11.6. The highest BCUT2D eigenvalue weighted by Crippen LogP contribution is 2.36. The van der Waals surface area contributed by atoms with Gasteiger partial charge in [-0.15, -0.1) is 0 Å². The van der Waals surface area contributed by atoms with Crippen LogP contribution in [0.25, 0.3) is 6.08 Å². The fourth-order valence-corrected chi connectivity index (χ4v) is 1.86. The Hall–Kier alpha value is -2.21. The summed E-state index contributed by atoms with van der Waals surface area (Å²) in [5.74, 6) is -0.00941. The molecule has 22 heavy (non-hydrogen) atoms. The van der Waals surface area contributed by atoms with Crippen LogP contribution in [0.1, 0.15) is 12.5 Å². The van der Waals surface area contributed by atoms with Gasteiger partial charge in [0.05, 0.1) is 25.8 Å². The Kier molecular flexibility index (Phi) is 7.25. The van der Waals surface area contributed by atoms with Gasteiger partial charge in [-0.3, -0.25) is 9.59 Å². The van der Waals surface area contributed by atoms with Crippen LogP contribution < -0.4 is 14.8 Å². The van der Waals surface area contributed by atoms with Gasteiger partial charge in [0.1, 0.15) is 6.54 Å². The molecule has 0 spiro atoms. The second kappa shape index (κ2) is 8.94. The first-order valence-electron chi connectivity index (χ1n) is 6.54. The molecule has 0 saturated heterocycles. The van der Waals surface area contributed by atoms with Gasteiger partial charge in [0, 0.05) is 6.08 Å². The van der Waals surface area contributed by atoms with Crippen molar-refractivity contribution in [2.75, 3.05) is 27.4 Å². The lowest BCUT2D eigenvalue weighted by atomic mass is 10.2. The van der Waals surface area contributed by atoms with Crippen molar-refractivity contribution < 1.29 is 23.8 Å². The fraction of sp³-hybridized carbons (Fsp3) is 0.333. The van der Waals surface area contributed by atoms with Crippen molar-refractivity contribution in [1.29, 1.82) is 0 Å². The Bertz CT molecular complexity index is 571. The van der Waals surface area contributed by atoms with Crippen LogP contribution >= 0.6 is 11.6 Å². The van der Waals surface area contributed by atoms with Crippen molar-refractivity contribution in [2.24, 2.45) is 0 Å². The topological polar surface area (TPSA) is 73.9 Å². The minimum atomic E-state index is -0.521. The number of ether oxygens (including phenoxy) is 3. The van der Waals surface area contributed by atoms with Gasteiger partial charge in [0.2, 0.25) is 5.91 Å². The lowest BCUT2D eigenvalue weighted by Gasteiger charge is -2.11. The van der Waals surface area contributed by atoms with E-state index in [4.69, 9.17) is 21.1 Å². The maximum absolute atomic E-state index is 11.6. The molecule has 7 heteroatoms. The Labute approximate surface area is 134 Å². The van der Waals surface area contributed by atoms with Crippen LogP contribution in [0.4, 0.5) is 0 Å². The van der Waals surface area contributed by atoms with E-state index in [1.807, 2.05) is 6.92 Å². The zero-order valence-corrected chi connectivity index (χ0v) is 13.4. The highest BCUT2D eigenvalue weighted by atomic mass is 35.5. The molecule has 0 atom stereocenters. The van der Waals surface area contributed by atoms with E-state index in [-0.39, 0.29) is 6.54 Å². The number of nitrogens with one attached hydrogen (secondary N) is 1. The molecular formula is C15H18ClNO5. The summed E-state index contributed by atoms with van der Waals surface area (Å²) in [4.78, 5) is 22.5. The first-order valence-corrected chi connectivity index (χ1v) is 6.92. The van der Waals surface area contributed by atoms with Crippen LogP contribution in [-0.4, -0.2) is 39.2 Å². The molecule has 0 radical (unpaired) electrons. The molecule has 0 fully saturated rings. The van der Waals surface area contributed by atoms with Crippen molar-refractivity contribution in [1.82, 2.24) is 5.32 Å². The minimum absolute atomic E-state index is 0.187. The molecule has 0 aliphatic heterocycles. The van der Waals surface area contributed by atoms with E-state index < -0.39 is 11.9 Å². The van der Waals surface area contributed by atoms with Crippen LogP contribution in [-0.2, 0) is 14.3 Å². The highest BCUT2D eigenvalue weighted by molar-refractivity contribution is 6.32. The normalized spacial score (nSPS) is 10.4. The number of methoxy groups -OCH3 is 2. The summed E-state index contributed by atoms with van der Waals surface area (Å²) in [6.07, 6.45) is 2.84. The molecule has 1 rings (SSSR count). The molecule has 0 aliphatic rings. The number of benzene rings is 1. The van der Waals surface area contributed by atoms with E-state index >= 15 is 0 Å². The minimum Gasteiger partial charge on any atom is -0.493 e. The van der Waals surface area contributed by atoms with Gasteiger partial charge in [0.25, 0.3) is 0 Å². The molecule has 1 aromatic rings. The number of carbonyl (C=O) groups is 2. The Morgan fingerprint density at radius 2 is 2.05 bits per heavy atom. The average molecular weight is 328 g/mol. The molecule has 0 aliphatic carbocycles. The first kappa shape index (κ1) is 17.8. The average Bonchev–Trinajstić information content (AvgIpc) is 2.52. The van der Waals surface area contributed by atoms with Crippen LogP contribution in [0, 0.1) is 0 Å². The zero-order valence-electron chi connectivity index (χ0n) is 12.6. The number of amides is 1. The van der Waals surface area contributed by atoms with E-state index in [2.05, 4.69) is 10.1 Å². The number of rotatable bonds is 7. The fourth-order valence-electron chi connectivity index (χ4n) is 1.58. The van der Waals surface area contributed by atoms with E-state index in [0.717, 1.165) is 0 Å². The van der Waals surface area contributed by atoms with Gasteiger partial charge in [0.15, 0.2) is 11.5 Å². The summed E-state index contributed by atoms with van der Waals surface area (Å²) in [5.41, 5.74) is 0.665. The summed E-state index contributed by atoms with van der Waals surface area (Å²) in [7, 11) is 2.75. The zero-order chi connectivity index (χ0) is 16.5.